The first-order chi connectivity index (χ1) is 11.1. The molecule has 0 aliphatic carbocycles. The van der Waals surface area contributed by atoms with E-state index in [2.05, 4.69) is 45.0 Å². The van der Waals surface area contributed by atoms with Crippen LogP contribution in [0.15, 0.2) is 42.0 Å². The van der Waals surface area contributed by atoms with Gasteiger partial charge in [-0.1, -0.05) is 24.3 Å². The normalized spacial score (nSPS) is 10.7. The van der Waals surface area contributed by atoms with Crippen molar-refractivity contribution in [1.82, 2.24) is 20.1 Å². The molecule has 0 bridgehead atoms. The van der Waals surface area contributed by atoms with E-state index in [1.54, 1.807) is 35.5 Å². The predicted molar refractivity (Wildman–Crippen MR) is 91.5 cm³/mol. The van der Waals surface area contributed by atoms with Gasteiger partial charge in [0.05, 0.1) is 22.5 Å². The molecule has 5 nitrogen and oxygen atoms in total. The standard InChI is InChI=1S/C17H18N4OS/c1-12-20-16(11-23-12)14-5-3-13(4-6-14)7-8-18-17(22)15-9-19-21(2)10-15/h3-6,9-11H,7-8H2,1-2H3,(H,18,22). The fourth-order valence-electron chi connectivity index (χ4n) is 2.30. The van der Waals surface area contributed by atoms with E-state index in [1.807, 2.05) is 6.92 Å². The summed E-state index contributed by atoms with van der Waals surface area (Å²) in [4.78, 5) is 16.4. The van der Waals surface area contributed by atoms with Gasteiger partial charge in [-0.15, -0.1) is 11.3 Å². The average Bonchev–Trinajstić information content (AvgIpc) is 3.16. The molecule has 0 aliphatic heterocycles. The molecule has 0 aliphatic rings. The Labute approximate surface area is 139 Å². The molecule has 2 aromatic heterocycles. The average molecular weight is 326 g/mol. The maximum absolute atomic E-state index is 11.9. The van der Waals surface area contributed by atoms with E-state index >= 15 is 0 Å². The summed E-state index contributed by atoms with van der Waals surface area (Å²) < 4.78 is 1.62. The number of amides is 1. The second-order valence-corrected chi connectivity index (χ2v) is 6.42. The Balaban J connectivity index is 1.53. The van der Waals surface area contributed by atoms with Gasteiger partial charge >= 0.3 is 0 Å². The number of nitrogens with one attached hydrogen (secondary N) is 1. The molecular weight excluding hydrogens is 308 g/mol. The van der Waals surface area contributed by atoms with Crippen molar-refractivity contribution in [2.45, 2.75) is 13.3 Å². The van der Waals surface area contributed by atoms with Crippen LogP contribution in [-0.2, 0) is 13.5 Å². The van der Waals surface area contributed by atoms with Crippen LogP contribution in [0.3, 0.4) is 0 Å². The van der Waals surface area contributed by atoms with Gasteiger partial charge in [-0.3, -0.25) is 9.48 Å². The molecule has 118 valence electrons. The summed E-state index contributed by atoms with van der Waals surface area (Å²) in [6.45, 7) is 2.61. The maximum Gasteiger partial charge on any atom is 0.254 e. The second kappa shape index (κ2) is 6.75. The summed E-state index contributed by atoms with van der Waals surface area (Å²) in [5.74, 6) is -0.0901. The molecule has 2 heterocycles. The zero-order chi connectivity index (χ0) is 16.2. The maximum atomic E-state index is 11.9. The zero-order valence-corrected chi connectivity index (χ0v) is 13.9. The number of hydrogen-bond donors (Lipinski definition) is 1. The van der Waals surface area contributed by atoms with Crippen LogP contribution in [0.2, 0.25) is 0 Å². The number of hydrogen-bond acceptors (Lipinski definition) is 4. The number of aromatic nitrogens is 3. The van der Waals surface area contributed by atoms with Gasteiger partial charge in [-0.25, -0.2) is 4.98 Å². The van der Waals surface area contributed by atoms with Crippen LogP contribution < -0.4 is 5.32 Å². The number of nitrogens with zero attached hydrogens (tertiary/aromatic N) is 3. The first-order valence-electron chi connectivity index (χ1n) is 7.40. The van der Waals surface area contributed by atoms with Crippen LogP contribution in [0.5, 0.6) is 0 Å². The monoisotopic (exact) mass is 326 g/mol. The van der Waals surface area contributed by atoms with Crippen LogP contribution in [0.4, 0.5) is 0 Å². The number of benzene rings is 1. The largest absolute Gasteiger partial charge is 0.352 e. The minimum atomic E-state index is -0.0901. The second-order valence-electron chi connectivity index (χ2n) is 5.36. The Morgan fingerprint density at radius 3 is 2.70 bits per heavy atom. The molecule has 1 aromatic carbocycles. The van der Waals surface area contributed by atoms with Gasteiger partial charge < -0.3 is 5.32 Å². The third kappa shape index (κ3) is 3.84. The minimum absolute atomic E-state index is 0.0901. The predicted octanol–water partition coefficient (Wildman–Crippen LogP) is 2.82. The van der Waals surface area contributed by atoms with Crippen LogP contribution in [0.1, 0.15) is 20.9 Å². The van der Waals surface area contributed by atoms with Crippen molar-refractivity contribution in [3.63, 3.8) is 0 Å². The summed E-state index contributed by atoms with van der Waals surface area (Å²) in [5.41, 5.74) is 3.91. The zero-order valence-electron chi connectivity index (χ0n) is 13.1. The van der Waals surface area contributed by atoms with Gasteiger partial charge in [0, 0.05) is 30.7 Å². The molecule has 0 saturated heterocycles. The van der Waals surface area contributed by atoms with Gasteiger partial charge in [0.25, 0.3) is 5.91 Å². The third-order valence-corrected chi connectivity index (χ3v) is 4.31. The molecule has 3 rings (SSSR count). The lowest BCUT2D eigenvalue weighted by Gasteiger charge is -2.05. The highest BCUT2D eigenvalue weighted by molar-refractivity contribution is 7.09. The van der Waals surface area contributed by atoms with E-state index in [0.29, 0.717) is 12.1 Å². The van der Waals surface area contributed by atoms with E-state index in [0.717, 1.165) is 22.7 Å². The Morgan fingerprint density at radius 1 is 1.30 bits per heavy atom. The highest BCUT2D eigenvalue weighted by Crippen LogP contribution is 2.21. The Bertz CT molecular complexity index is 804. The van der Waals surface area contributed by atoms with Crippen molar-refractivity contribution < 1.29 is 4.79 Å². The molecule has 0 fully saturated rings. The van der Waals surface area contributed by atoms with Crippen LogP contribution in [0, 0.1) is 6.92 Å². The molecule has 1 amide bonds. The van der Waals surface area contributed by atoms with Crippen LogP contribution >= 0.6 is 11.3 Å². The molecule has 0 unspecified atom stereocenters. The quantitative estimate of drug-likeness (QED) is 0.784. The Morgan fingerprint density at radius 2 is 2.09 bits per heavy atom. The van der Waals surface area contributed by atoms with Gasteiger partial charge in [-0.2, -0.15) is 5.10 Å². The van der Waals surface area contributed by atoms with Crippen molar-refractivity contribution in [3.8, 4) is 11.3 Å². The Hall–Kier alpha value is -2.47. The lowest BCUT2D eigenvalue weighted by Crippen LogP contribution is -2.25. The summed E-state index contributed by atoms with van der Waals surface area (Å²) in [5, 5.41) is 10.0. The molecule has 23 heavy (non-hydrogen) atoms. The number of thiazole rings is 1. The van der Waals surface area contributed by atoms with E-state index in [1.165, 1.54) is 5.56 Å². The molecule has 1 N–H and O–H groups in total. The fraction of sp³-hybridized carbons (Fsp3) is 0.235. The smallest absolute Gasteiger partial charge is 0.254 e. The number of rotatable bonds is 5. The van der Waals surface area contributed by atoms with E-state index in [-0.39, 0.29) is 5.91 Å². The molecule has 0 radical (unpaired) electrons. The lowest BCUT2D eigenvalue weighted by atomic mass is 10.1. The molecule has 0 saturated carbocycles. The summed E-state index contributed by atoms with van der Waals surface area (Å²) in [7, 11) is 1.79. The van der Waals surface area contributed by atoms with Gasteiger partial charge in [0.2, 0.25) is 0 Å². The van der Waals surface area contributed by atoms with E-state index < -0.39 is 0 Å². The van der Waals surface area contributed by atoms with Gasteiger partial charge in [-0.05, 0) is 18.9 Å². The van der Waals surface area contributed by atoms with Crippen molar-refractivity contribution >= 4 is 17.2 Å². The molecule has 6 heteroatoms. The molecule has 3 aromatic rings. The van der Waals surface area contributed by atoms with Crippen molar-refractivity contribution in [1.29, 1.82) is 0 Å². The number of aryl methyl sites for hydroxylation is 2. The summed E-state index contributed by atoms with van der Waals surface area (Å²) in [6.07, 6.45) is 4.07. The number of carbonyl (C=O) groups is 1. The van der Waals surface area contributed by atoms with E-state index in [4.69, 9.17) is 0 Å². The van der Waals surface area contributed by atoms with Crippen molar-refractivity contribution in [2.75, 3.05) is 6.54 Å². The van der Waals surface area contributed by atoms with Gasteiger partial charge in [0.1, 0.15) is 0 Å². The highest BCUT2D eigenvalue weighted by atomic mass is 32.1. The summed E-state index contributed by atoms with van der Waals surface area (Å²) >= 11 is 1.65. The first kappa shape index (κ1) is 15.4. The topological polar surface area (TPSA) is 59.8 Å². The molecule has 0 spiro atoms. The third-order valence-electron chi connectivity index (χ3n) is 3.54. The first-order valence-corrected chi connectivity index (χ1v) is 8.28. The van der Waals surface area contributed by atoms with Crippen molar-refractivity contribution in [3.05, 3.63) is 58.2 Å². The van der Waals surface area contributed by atoms with Crippen LogP contribution in [0.25, 0.3) is 11.3 Å². The fourth-order valence-corrected chi connectivity index (χ4v) is 2.92. The molecule has 0 atom stereocenters. The Kier molecular flexibility index (Phi) is 4.52. The van der Waals surface area contributed by atoms with Gasteiger partial charge in [0.15, 0.2) is 0 Å². The summed E-state index contributed by atoms with van der Waals surface area (Å²) in [6, 6.07) is 8.32. The highest BCUT2D eigenvalue weighted by Gasteiger charge is 2.07. The van der Waals surface area contributed by atoms with Crippen molar-refractivity contribution in [2.24, 2.45) is 7.05 Å². The minimum Gasteiger partial charge on any atom is -0.352 e. The lowest BCUT2D eigenvalue weighted by molar-refractivity contribution is 0.0954. The SMILES string of the molecule is Cc1nc(-c2ccc(CCNC(=O)c3cnn(C)c3)cc2)cs1. The molecular formula is C17H18N4OS. The number of carbonyl (C=O) groups excluding carboxylic acids is 1. The van der Waals surface area contributed by atoms with E-state index in [9.17, 15) is 4.79 Å². The van der Waals surface area contributed by atoms with Crippen LogP contribution in [-0.4, -0.2) is 27.2 Å².